The van der Waals surface area contributed by atoms with E-state index in [1.165, 1.54) is 25.6 Å². The van der Waals surface area contributed by atoms with Crippen LogP contribution >= 0.6 is 11.3 Å². The van der Waals surface area contributed by atoms with E-state index in [0.717, 1.165) is 34.6 Å². The number of methoxy groups -OCH3 is 2. The smallest absolute Gasteiger partial charge is 0.410 e. The average Bonchev–Trinajstić information content (AvgIpc) is 3.41. The number of amides is 1. The van der Waals surface area contributed by atoms with E-state index in [0.29, 0.717) is 23.7 Å². The van der Waals surface area contributed by atoms with Crippen LogP contribution in [0, 0.1) is 0 Å². The van der Waals surface area contributed by atoms with Gasteiger partial charge in [0.05, 0.1) is 25.3 Å². The molecule has 1 amide bonds. The molecule has 4 rings (SSSR count). The van der Waals surface area contributed by atoms with Gasteiger partial charge in [-0.2, -0.15) is 0 Å². The van der Waals surface area contributed by atoms with Crippen molar-refractivity contribution in [2.75, 3.05) is 27.3 Å². The van der Waals surface area contributed by atoms with Crippen molar-refractivity contribution in [1.29, 1.82) is 0 Å². The molecule has 1 aliphatic heterocycles. The standard InChI is InChI=1S/C24H29N3O6S/c1-24(2,3)33-23(29)26-10-8-15(9-11-26)32-16-6-7-17-18(12-16)27(14-25-17)20-13-19(30-4)21(34-20)22(28)31-5/h6-7,12-15H,8-11H2,1-5H3. The molecule has 9 nitrogen and oxygen atoms in total. The number of ether oxygens (including phenoxy) is 4. The molecule has 0 bridgehead atoms. The molecule has 10 heteroatoms. The number of benzene rings is 1. The van der Waals surface area contributed by atoms with Gasteiger partial charge in [0.1, 0.15) is 34.5 Å². The SMILES string of the molecule is COC(=O)c1sc(-n2cnc3ccc(OC4CCN(C(=O)OC(C)(C)C)CC4)cc32)cc1OC. The van der Waals surface area contributed by atoms with Crippen LogP contribution in [0.15, 0.2) is 30.6 Å². The number of imidazole rings is 1. The topological polar surface area (TPSA) is 92.1 Å². The van der Waals surface area contributed by atoms with E-state index in [1.54, 1.807) is 17.3 Å². The zero-order valence-electron chi connectivity index (χ0n) is 20.0. The summed E-state index contributed by atoms with van der Waals surface area (Å²) in [5.74, 6) is 0.735. The second kappa shape index (κ2) is 9.54. The van der Waals surface area contributed by atoms with Crippen molar-refractivity contribution in [3.63, 3.8) is 0 Å². The summed E-state index contributed by atoms with van der Waals surface area (Å²) in [5, 5.41) is 0.780. The maximum absolute atomic E-state index is 12.3. The Morgan fingerprint density at radius 3 is 2.50 bits per heavy atom. The monoisotopic (exact) mass is 487 g/mol. The summed E-state index contributed by atoms with van der Waals surface area (Å²) in [6.45, 7) is 6.77. The van der Waals surface area contributed by atoms with Gasteiger partial charge in [0.25, 0.3) is 0 Å². The highest BCUT2D eigenvalue weighted by Gasteiger charge is 2.28. The van der Waals surface area contributed by atoms with E-state index in [9.17, 15) is 9.59 Å². The molecule has 1 aliphatic rings. The zero-order chi connectivity index (χ0) is 24.5. The number of nitrogens with zero attached hydrogens (tertiary/aromatic N) is 3. The molecule has 3 aromatic rings. The van der Waals surface area contributed by atoms with Crippen LogP contribution < -0.4 is 9.47 Å². The molecule has 0 atom stereocenters. The number of esters is 1. The van der Waals surface area contributed by atoms with Gasteiger partial charge in [0.15, 0.2) is 4.88 Å². The number of carbonyl (C=O) groups excluding carboxylic acids is 2. The average molecular weight is 488 g/mol. The lowest BCUT2D eigenvalue weighted by Gasteiger charge is -2.33. The molecule has 0 unspecified atom stereocenters. The first kappa shape index (κ1) is 23.9. The van der Waals surface area contributed by atoms with Gasteiger partial charge < -0.3 is 23.8 Å². The number of hydrogen-bond donors (Lipinski definition) is 0. The van der Waals surface area contributed by atoms with Crippen molar-refractivity contribution in [3.05, 3.63) is 35.5 Å². The Labute approximate surface area is 202 Å². The highest BCUT2D eigenvalue weighted by Crippen LogP contribution is 2.35. The van der Waals surface area contributed by atoms with E-state index in [1.807, 2.05) is 43.5 Å². The predicted octanol–water partition coefficient (Wildman–Crippen LogP) is 4.66. The van der Waals surface area contributed by atoms with Gasteiger partial charge in [-0.25, -0.2) is 14.6 Å². The van der Waals surface area contributed by atoms with Crippen LogP contribution in [0.1, 0.15) is 43.3 Å². The maximum atomic E-state index is 12.3. The Balaban J connectivity index is 1.48. The number of likely N-dealkylation sites (tertiary alicyclic amines) is 1. The van der Waals surface area contributed by atoms with E-state index < -0.39 is 11.6 Å². The molecule has 2 aromatic heterocycles. The molecule has 3 heterocycles. The van der Waals surface area contributed by atoms with Crippen molar-refractivity contribution >= 4 is 34.4 Å². The summed E-state index contributed by atoms with van der Waals surface area (Å²) in [7, 11) is 2.86. The fourth-order valence-electron chi connectivity index (χ4n) is 3.78. The predicted molar refractivity (Wildman–Crippen MR) is 128 cm³/mol. The molecule has 182 valence electrons. The number of carbonyl (C=O) groups is 2. The highest BCUT2D eigenvalue weighted by molar-refractivity contribution is 7.16. The molecule has 0 N–H and O–H groups in total. The normalized spacial score (nSPS) is 14.8. The summed E-state index contributed by atoms with van der Waals surface area (Å²) in [5.41, 5.74) is 1.15. The number of hydrogen-bond acceptors (Lipinski definition) is 8. The molecule has 34 heavy (non-hydrogen) atoms. The third-order valence-corrected chi connectivity index (χ3v) is 6.52. The van der Waals surface area contributed by atoms with Gasteiger partial charge in [-0.05, 0) is 32.9 Å². The number of rotatable bonds is 5. The summed E-state index contributed by atoms with van der Waals surface area (Å²) in [4.78, 5) is 31.0. The molecular weight excluding hydrogens is 458 g/mol. The lowest BCUT2D eigenvalue weighted by Crippen LogP contribution is -2.44. The van der Waals surface area contributed by atoms with Crippen molar-refractivity contribution in [2.24, 2.45) is 0 Å². The molecule has 0 saturated carbocycles. The summed E-state index contributed by atoms with van der Waals surface area (Å²) < 4.78 is 23.8. The first-order valence-electron chi connectivity index (χ1n) is 11.1. The third-order valence-electron chi connectivity index (χ3n) is 5.43. The van der Waals surface area contributed by atoms with Crippen LogP contribution in [-0.4, -0.2) is 65.5 Å². The highest BCUT2D eigenvalue weighted by atomic mass is 32.1. The molecule has 1 fully saturated rings. The lowest BCUT2D eigenvalue weighted by molar-refractivity contribution is 0.0126. The molecule has 0 aliphatic carbocycles. The number of aromatic nitrogens is 2. The molecule has 0 spiro atoms. The Morgan fingerprint density at radius 1 is 1.12 bits per heavy atom. The second-order valence-electron chi connectivity index (χ2n) is 9.02. The first-order chi connectivity index (χ1) is 16.2. The Morgan fingerprint density at radius 2 is 1.85 bits per heavy atom. The van der Waals surface area contributed by atoms with Gasteiger partial charge in [-0.15, -0.1) is 11.3 Å². The van der Waals surface area contributed by atoms with Gasteiger partial charge >= 0.3 is 12.1 Å². The Hall–Kier alpha value is -3.27. The van der Waals surface area contributed by atoms with Gasteiger partial charge in [-0.1, -0.05) is 0 Å². The van der Waals surface area contributed by atoms with Crippen LogP contribution in [0.5, 0.6) is 11.5 Å². The summed E-state index contributed by atoms with van der Waals surface area (Å²) in [6.07, 6.45) is 2.87. The van der Waals surface area contributed by atoms with Crippen LogP contribution in [0.3, 0.4) is 0 Å². The quantitative estimate of drug-likeness (QED) is 0.483. The molecule has 0 radical (unpaired) electrons. The molecular formula is C24H29N3O6S. The molecule has 1 saturated heterocycles. The van der Waals surface area contributed by atoms with Crippen LogP contribution in [-0.2, 0) is 9.47 Å². The Bertz CT molecular complexity index is 1190. The zero-order valence-corrected chi connectivity index (χ0v) is 20.8. The second-order valence-corrected chi connectivity index (χ2v) is 10.1. The lowest BCUT2D eigenvalue weighted by atomic mass is 10.1. The van der Waals surface area contributed by atoms with E-state index in [4.69, 9.17) is 18.9 Å². The van der Waals surface area contributed by atoms with E-state index >= 15 is 0 Å². The Kier molecular flexibility index (Phi) is 6.70. The summed E-state index contributed by atoms with van der Waals surface area (Å²) in [6, 6.07) is 7.53. The largest absolute Gasteiger partial charge is 0.495 e. The number of thiophene rings is 1. The van der Waals surface area contributed by atoms with E-state index in [-0.39, 0.29) is 12.2 Å². The fraction of sp³-hybridized carbons (Fsp3) is 0.458. The van der Waals surface area contributed by atoms with Crippen molar-refractivity contribution < 1.29 is 28.5 Å². The summed E-state index contributed by atoms with van der Waals surface area (Å²) >= 11 is 1.27. The fourth-order valence-corrected chi connectivity index (χ4v) is 4.81. The number of fused-ring (bicyclic) bond motifs is 1. The maximum Gasteiger partial charge on any atom is 0.410 e. The third kappa shape index (κ3) is 5.11. The molecule has 1 aromatic carbocycles. The minimum absolute atomic E-state index is 0.000247. The van der Waals surface area contributed by atoms with Crippen LogP contribution in [0.2, 0.25) is 0 Å². The van der Waals surface area contributed by atoms with Crippen molar-refractivity contribution in [3.8, 4) is 16.5 Å². The minimum atomic E-state index is -0.507. The van der Waals surface area contributed by atoms with Crippen LogP contribution in [0.4, 0.5) is 4.79 Å². The van der Waals surface area contributed by atoms with Crippen LogP contribution in [0.25, 0.3) is 16.0 Å². The van der Waals surface area contributed by atoms with Crippen molar-refractivity contribution in [1.82, 2.24) is 14.5 Å². The van der Waals surface area contributed by atoms with Gasteiger partial charge in [-0.3, -0.25) is 4.57 Å². The van der Waals surface area contributed by atoms with Gasteiger partial charge in [0, 0.05) is 38.1 Å². The number of piperidine rings is 1. The van der Waals surface area contributed by atoms with Gasteiger partial charge in [0.2, 0.25) is 0 Å². The van der Waals surface area contributed by atoms with E-state index in [2.05, 4.69) is 4.98 Å². The minimum Gasteiger partial charge on any atom is -0.495 e. The van der Waals surface area contributed by atoms with Crippen molar-refractivity contribution in [2.45, 2.75) is 45.3 Å². The first-order valence-corrected chi connectivity index (χ1v) is 11.9.